The molecule has 0 aliphatic heterocycles. The molecule has 0 aliphatic rings. The van der Waals surface area contributed by atoms with Gasteiger partial charge in [-0.25, -0.2) is 0 Å². The van der Waals surface area contributed by atoms with Crippen molar-refractivity contribution < 1.29 is 9.28 Å². The van der Waals surface area contributed by atoms with Gasteiger partial charge >= 0.3 is 0 Å². The second kappa shape index (κ2) is 12.0. The SMILES string of the molecule is CCN(CC)CCN=Cc1[nH]c(C)c(C(=O)NCC[N+](CC)(CC)CC)c1C. The molecule has 0 aromatic carbocycles. The van der Waals surface area contributed by atoms with Gasteiger partial charge in [-0.1, -0.05) is 13.8 Å². The molecule has 0 radical (unpaired) electrons. The maximum Gasteiger partial charge on any atom is 0.253 e. The molecule has 0 saturated carbocycles. The van der Waals surface area contributed by atoms with E-state index in [4.69, 9.17) is 0 Å². The zero-order chi connectivity index (χ0) is 21.2. The fourth-order valence-corrected chi connectivity index (χ4v) is 3.78. The summed E-state index contributed by atoms with van der Waals surface area (Å²) in [6.45, 7) is 23.7. The van der Waals surface area contributed by atoms with E-state index in [1.807, 2.05) is 20.1 Å². The van der Waals surface area contributed by atoms with Crippen molar-refractivity contribution in [1.82, 2.24) is 15.2 Å². The molecule has 6 nitrogen and oxygen atoms in total. The Morgan fingerprint density at radius 3 is 2.25 bits per heavy atom. The highest BCUT2D eigenvalue weighted by atomic mass is 16.1. The number of hydrogen-bond donors (Lipinski definition) is 2. The molecule has 1 amide bonds. The fourth-order valence-electron chi connectivity index (χ4n) is 3.78. The van der Waals surface area contributed by atoms with Gasteiger partial charge in [0.05, 0.1) is 50.5 Å². The lowest BCUT2D eigenvalue weighted by Crippen LogP contribution is -2.51. The van der Waals surface area contributed by atoms with Crippen LogP contribution in [0.1, 0.15) is 61.9 Å². The summed E-state index contributed by atoms with van der Waals surface area (Å²) in [5.41, 5.74) is 3.57. The van der Waals surface area contributed by atoms with Crippen molar-refractivity contribution in [3.8, 4) is 0 Å². The number of carbonyl (C=O) groups excluding carboxylic acids is 1. The van der Waals surface area contributed by atoms with E-state index in [1.165, 1.54) is 0 Å². The molecule has 6 heteroatoms. The third-order valence-corrected chi connectivity index (χ3v) is 6.25. The van der Waals surface area contributed by atoms with E-state index in [9.17, 15) is 4.79 Å². The van der Waals surface area contributed by atoms with Crippen LogP contribution >= 0.6 is 0 Å². The number of aryl methyl sites for hydroxylation is 1. The predicted molar refractivity (Wildman–Crippen MR) is 120 cm³/mol. The molecule has 0 atom stereocenters. The van der Waals surface area contributed by atoms with Gasteiger partial charge in [-0.15, -0.1) is 0 Å². The number of aromatic amines is 1. The van der Waals surface area contributed by atoms with Crippen LogP contribution in [0.25, 0.3) is 0 Å². The minimum Gasteiger partial charge on any atom is -0.357 e. The van der Waals surface area contributed by atoms with Gasteiger partial charge in [0.2, 0.25) is 0 Å². The number of nitrogens with one attached hydrogen (secondary N) is 2. The largest absolute Gasteiger partial charge is 0.357 e. The predicted octanol–water partition coefficient (Wildman–Crippen LogP) is 3.00. The van der Waals surface area contributed by atoms with E-state index in [2.05, 4.69) is 54.8 Å². The minimum absolute atomic E-state index is 0.00968. The van der Waals surface area contributed by atoms with Crippen LogP contribution in [0.3, 0.4) is 0 Å². The van der Waals surface area contributed by atoms with E-state index in [0.717, 1.165) is 79.4 Å². The van der Waals surface area contributed by atoms with Crippen molar-refractivity contribution in [2.75, 3.05) is 58.9 Å². The molecule has 0 fully saturated rings. The van der Waals surface area contributed by atoms with Crippen LogP contribution in [0, 0.1) is 13.8 Å². The summed E-state index contributed by atoms with van der Waals surface area (Å²) >= 11 is 0. The topological polar surface area (TPSA) is 60.5 Å². The molecule has 0 saturated heterocycles. The first-order valence-corrected chi connectivity index (χ1v) is 10.9. The van der Waals surface area contributed by atoms with Crippen LogP contribution in [0.5, 0.6) is 0 Å². The van der Waals surface area contributed by atoms with E-state index >= 15 is 0 Å². The second-order valence-electron chi connectivity index (χ2n) is 7.50. The van der Waals surface area contributed by atoms with Crippen molar-refractivity contribution in [2.45, 2.75) is 48.5 Å². The van der Waals surface area contributed by atoms with Gasteiger partial charge in [0.25, 0.3) is 5.91 Å². The Labute approximate surface area is 172 Å². The summed E-state index contributed by atoms with van der Waals surface area (Å²) in [5, 5.41) is 3.12. The zero-order valence-corrected chi connectivity index (χ0v) is 19.2. The zero-order valence-electron chi connectivity index (χ0n) is 19.2. The monoisotopic (exact) mass is 392 g/mol. The Morgan fingerprint density at radius 1 is 1.11 bits per heavy atom. The average molecular weight is 393 g/mol. The number of quaternary nitrogens is 1. The molecular weight excluding hydrogens is 350 g/mol. The summed E-state index contributed by atoms with van der Waals surface area (Å²) in [4.78, 5) is 23.0. The third-order valence-electron chi connectivity index (χ3n) is 6.25. The van der Waals surface area contributed by atoms with Crippen LogP contribution < -0.4 is 5.32 Å². The van der Waals surface area contributed by atoms with E-state index in [-0.39, 0.29) is 5.91 Å². The van der Waals surface area contributed by atoms with Crippen LogP contribution in [-0.2, 0) is 0 Å². The van der Waals surface area contributed by atoms with Crippen molar-refractivity contribution in [1.29, 1.82) is 0 Å². The van der Waals surface area contributed by atoms with E-state index in [0.29, 0.717) is 6.54 Å². The summed E-state index contributed by atoms with van der Waals surface area (Å²) in [6.07, 6.45) is 1.87. The highest BCUT2D eigenvalue weighted by Crippen LogP contribution is 2.16. The third kappa shape index (κ3) is 6.45. The average Bonchev–Trinajstić information content (AvgIpc) is 2.99. The first kappa shape index (κ1) is 24.4. The van der Waals surface area contributed by atoms with Crippen molar-refractivity contribution in [3.63, 3.8) is 0 Å². The highest BCUT2D eigenvalue weighted by Gasteiger charge is 2.22. The summed E-state index contributed by atoms with van der Waals surface area (Å²) in [7, 11) is 0. The molecule has 1 heterocycles. The Bertz CT molecular complexity index is 619. The van der Waals surface area contributed by atoms with Crippen molar-refractivity contribution >= 4 is 12.1 Å². The molecule has 0 aliphatic carbocycles. The maximum absolute atomic E-state index is 12.8. The lowest BCUT2D eigenvalue weighted by atomic mass is 10.1. The summed E-state index contributed by atoms with van der Waals surface area (Å²) in [6, 6.07) is 0. The molecule has 1 aromatic rings. The van der Waals surface area contributed by atoms with Gasteiger partial charge in [0.1, 0.15) is 0 Å². The fraction of sp³-hybridized carbons (Fsp3) is 0.727. The smallest absolute Gasteiger partial charge is 0.253 e. The second-order valence-corrected chi connectivity index (χ2v) is 7.50. The number of aromatic nitrogens is 1. The summed E-state index contributed by atoms with van der Waals surface area (Å²) in [5.74, 6) is 0.00968. The van der Waals surface area contributed by atoms with Gasteiger partial charge in [-0.05, 0) is 53.3 Å². The molecule has 28 heavy (non-hydrogen) atoms. The molecular formula is C22H42N5O+. The number of nitrogens with zero attached hydrogens (tertiary/aromatic N) is 3. The van der Waals surface area contributed by atoms with Crippen LogP contribution in [0.4, 0.5) is 0 Å². The van der Waals surface area contributed by atoms with Crippen molar-refractivity contribution in [3.05, 3.63) is 22.5 Å². The Kier molecular flexibility index (Phi) is 10.5. The van der Waals surface area contributed by atoms with Crippen LogP contribution in [0.15, 0.2) is 4.99 Å². The van der Waals surface area contributed by atoms with Gasteiger partial charge in [-0.2, -0.15) is 0 Å². The number of aliphatic imine (C=N–C) groups is 1. The first-order chi connectivity index (χ1) is 13.4. The quantitative estimate of drug-likeness (QED) is 0.400. The Balaban J connectivity index is 2.70. The van der Waals surface area contributed by atoms with Gasteiger partial charge < -0.3 is 19.7 Å². The molecule has 0 unspecified atom stereocenters. The number of carbonyl (C=O) groups is 1. The normalized spacial score (nSPS) is 12.3. The Morgan fingerprint density at radius 2 is 1.71 bits per heavy atom. The molecule has 1 rings (SSSR count). The number of hydrogen-bond acceptors (Lipinski definition) is 3. The standard InChI is InChI=1S/C22H41N5O/c1-8-26(9-2)15-13-23-17-20-18(6)21(19(7)25-20)22(28)24-14-16-27(10-3,11-4)12-5/h17H,8-16H2,1-7H3,(H-,23,24,25,28)/p+1. The maximum atomic E-state index is 12.8. The molecule has 2 N–H and O–H groups in total. The van der Waals surface area contributed by atoms with E-state index < -0.39 is 0 Å². The number of H-pyrrole nitrogens is 1. The Hall–Kier alpha value is -1.66. The number of likely N-dealkylation sites (N-methyl/N-ethyl adjacent to an activating group) is 2. The lowest BCUT2D eigenvalue weighted by Gasteiger charge is -2.35. The van der Waals surface area contributed by atoms with Crippen molar-refractivity contribution in [2.24, 2.45) is 4.99 Å². The molecule has 0 spiro atoms. The van der Waals surface area contributed by atoms with E-state index in [1.54, 1.807) is 0 Å². The number of amides is 1. The van der Waals surface area contributed by atoms with Crippen LogP contribution in [-0.4, -0.2) is 85.4 Å². The molecule has 0 bridgehead atoms. The highest BCUT2D eigenvalue weighted by molar-refractivity contribution is 5.99. The van der Waals surface area contributed by atoms with Gasteiger partial charge in [0, 0.05) is 18.5 Å². The summed E-state index contributed by atoms with van der Waals surface area (Å²) < 4.78 is 1.04. The van der Waals surface area contributed by atoms with Gasteiger partial charge in [-0.3, -0.25) is 9.79 Å². The molecule has 160 valence electrons. The molecule has 1 aromatic heterocycles. The lowest BCUT2D eigenvalue weighted by molar-refractivity contribution is -0.922. The van der Waals surface area contributed by atoms with Gasteiger partial charge in [0.15, 0.2) is 0 Å². The first-order valence-electron chi connectivity index (χ1n) is 10.9. The van der Waals surface area contributed by atoms with Crippen LogP contribution in [0.2, 0.25) is 0 Å². The number of rotatable bonds is 13. The minimum atomic E-state index is 0.00968.